The molecule has 2 rings (SSSR count). The molecule has 1 fully saturated rings. The predicted molar refractivity (Wildman–Crippen MR) is 80.9 cm³/mol. The first-order valence-corrected chi connectivity index (χ1v) is 7.51. The van der Waals surface area contributed by atoms with Gasteiger partial charge in [-0.15, -0.1) is 0 Å². The molecule has 1 aromatic rings. The Hall–Kier alpha value is -1.51. The van der Waals surface area contributed by atoms with Crippen molar-refractivity contribution in [1.82, 2.24) is 5.32 Å². The molecule has 1 aliphatic carbocycles. The smallest absolute Gasteiger partial charge is 0.223 e. The number of methoxy groups -OCH3 is 1. The summed E-state index contributed by atoms with van der Waals surface area (Å²) in [5.74, 6) is 1.99. The van der Waals surface area contributed by atoms with E-state index in [1.165, 1.54) is 0 Å². The van der Waals surface area contributed by atoms with Crippen LogP contribution in [0.15, 0.2) is 24.3 Å². The summed E-state index contributed by atoms with van der Waals surface area (Å²) < 4.78 is 5.38. The number of rotatable bonds is 6. The molecule has 1 aliphatic rings. The van der Waals surface area contributed by atoms with Crippen molar-refractivity contribution < 1.29 is 9.53 Å². The van der Waals surface area contributed by atoms with Gasteiger partial charge in [0.15, 0.2) is 0 Å². The van der Waals surface area contributed by atoms with Crippen molar-refractivity contribution in [1.29, 1.82) is 0 Å². The minimum absolute atomic E-state index is 0.110. The summed E-state index contributed by atoms with van der Waals surface area (Å²) in [5, 5.41) is 3.19. The summed E-state index contributed by atoms with van der Waals surface area (Å²) in [6.45, 7) is 6.42. The van der Waals surface area contributed by atoms with Gasteiger partial charge in [-0.05, 0) is 36.3 Å². The lowest BCUT2D eigenvalue weighted by Crippen LogP contribution is -2.39. The molecule has 3 nitrogen and oxygen atoms in total. The van der Waals surface area contributed by atoms with E-state index in [2.05, 4.69) is 32.2 Å². The fourth-order valence-corrected chi connectivity index (χ4v) is 2.83. The van der Waals surface area contributed by atoms with Gasteiger partial charge in [0.1, 0.15) is 5.75 Å². The number of carbonyl (C=O) groups is 1. The number of para-hydroxylation sites is 1. The highest BCUT2D eigenvalue weighted by Gasteiger charge is 2.45. The van der Waals surface area contributed by atoms with Crippen LogP contribution < -0.4 is 10.1 Å². The van der Waals surface area contributed by atoms with Gasteiger partial charge >= 0.3 is 0 Å². The summed E-state index contributed by atoms with van der Waals surface area (Å²) in [6, 6.07) is 8.28. The SMILES string of the molecule is CC[C@H](NC(=O)[C@H]1C[C@@H]1c1ccccc1OC)C(C)C. The van der Waals surface area contributed by atoms with E-state index in [4.69, 9.17) is 4.74 Å². The molecule has 0 aromatic heterocycles. The number of ether oxygens (including phenoxy) is 1. The molecule has 0 aliphatic heterocycles. The second-order valence-corrected chi connectivity index (χ2v) is 5.96. The molecule has 0 unspecified atom stereocenters. The van der Waals surface area contributed by atoms with E-state index in [-0.39, 0.29) is 17.9 Å². The minimum atomic E-state index is 0.110. The first kappa shape index (κ1) is 14.9. The Labute approximate surface area is 121 Å². The molecule has 0 heterocycles. The average Bonchev–Trinajstić information content (AvgIpc) is 3.24. The first-order chi connectivity index (χ1) is 9.58. The fourth-order valence-electron chi connectivity index (χ4n) is 2.83. The lowest BCUT2D eigenvalue weighted by Gasteiger charge is -2.20. The monoisotopic (exact) mass is 275 g/mol. The Balaban J connectivity index is 1.99. The third-order valence-electron chi connectivity index (χ3n) is 4.24. The summed E-state index contributed by atoms with van der Waals surface area (Å²) in [7, 11) is 1.68. The van der Waals surface area contributed by atoms with E-state index in [0.29, 0.717) is 11.8 Å². The third kappa shape index (κ3) is 3.14. The van der Waals surface area contributed by atoms with Crippen LogP contribution >= 0.6 is 0 Å². The van der Waals surface area contributed by atoms with Gasteiger partial charge in [0.2, 0.25) is 5.91 Å². The Morgan fingerprint density at radius 3 is 2.70 bits per heavy atom. The van der Waals surface area contributed by atoms with E-state index in [9.17, 15) is 4.79 Å². The Bertz CT molecular complexity index is 470. The van der Waals surface area contributed by atoms with Crippen molar-refractivity contribution in [2.45, 2.75) is 45.6 Å². The second kappa shape index (κ2) is 6.29. The summed E-state index contributed by atoms with van der Waals surface area (Å²) in [5.41, 5.74) is 1.16. The molecule has 1 saturated carbocycles. The lowest BCUT2D eigenvalue weighted by molar-refractivity contribution is -0.123. The van der Waals surface area contributed by atoms with Crippen LogP contribution in [-0.2, 0) is 4.79 Å². The largest absolute Gasteiger partial charge is 0.496 e. The van der Waals surface area contributed by atoms with Crippen LogP contribution in [0.5, 0.6) is 5.75 Å². The number of carbonyl (C=O) groups excluding carboxylic acids is 1. The molecular weight excluding hydrogens is 250 g/mol. The summed E-state index contributed by atoms with van der Waals surface area (Å²) >= 11 is 0. The molecule has 0 spiro atoms. The van der Waals surface area contributed by atoms with Crippen molar-refractivity contribution in [3.63, 3.8) is 0 Å². The average molecular weight is 275 g/mol. The number of hydrogen-bond donors (Lipinski definition) is 1. The molecule has 1 aromatic carbocycles. The van der Waals surface area contributed by atoms with Crippen molar-refractivity contribution >= 4 is 5.91 Å². The Kier molecular flexibility index (Phi) is 4.69. The van der Waals surface area contributed by atoms with Crippen LogP contribution in [0.25, 0.3) is 0 Å². The van der Waals surface area contributed by atoms with E-state index < -0.39 is 0 Å². The molecular formula is C17H25NO2. The van der Waals surface area contributed by atoms with Crippen LogP contribution in [0.4, 0.5) is 0 Å². The van der Waals surface area contributed by atoms with E-state index in [0.717, 1.165) is 24.2 Å². The van der Waals surface area contributed by atoms with Gasteiger partial charge in [0.25, 0.3) is 0 Å². The Morgan fingerprint density at radius 1 is 1.40 bits per heavy atom. The van der Waals surface area contributed by atoms with Crippen LogP contribution in [0.3, 0.4) is 0 Å². The molecule has 0 radical (unpaired) electrons. The number of amides is 1. The van der Waals surface area contributed by atoms with Gasteiger partial charge in [-0.1, -0.05) is 39.0 Å². The van der Waals surface area contributed by atoms with Crippen molar-refractivity contribution in [2.24, 2.45) is 11.8 Å². The zero-order valence-corrected chi connectivity index (χ0v) is 12.8. The quantitative estimate of drug-likeness (QED) is 0.864. The zero-order valence-electron chi connectivity index (χ0n) is 12.8. The molecule has 3 atom stereocenters. The highest BCUT2D eigenvalue weighted by atomic mass is 16.5. The van der Waals surface area contributed by atoms with Crippen LogP contribution in [0, 0.1) is 11.8 Å². The molecule has 0 bridgehead atoms. The number of nitrogens with one attached hydrogen (secondary N) is 1. The molecule has 1 N–H and O–H groups in total. The van der Waals surface area contributed by atoms with Gasteiger partial charge in [-0.3, -0.25) is 4.79 Å². The lowest BCUT2D eigenvalue weighted by atomic mass is 10.0. The van der Waals surface area contributed by atoms with Crippen LogP contribution in [0.2, 0.25) is 0 Å². The van der Waals surface area contributed by atoms with E-state index in [1.54, 1.807) is 7.11 Å². The number of benzene rings is 1. The maximum atomic E-state index is 12.3. The van der Waals surface area contributed by atoms with Crippen molar-refractivity contribution in [2.75, 3.05) is 7.11 Å². The maximum Gasteiger partial charge on any atom is 0.223 e. The van der Waals surface area contributed by atoms with Gasteiger partial charge in [0, 0.05) is 12.0 Å². The van der Waals surface area contributed by atoms with E-state index in [1.807, 2.05) is 18.2 Å². The minimum Gasteiger partial charge on any atom is -0.496 e. The zero-order chi connectivity index (χ0) is 14.7. The Morgan fingerprint density at radius 2 is 2.10 bits per heavy atom. The van der Waals surface area contributed by atoms with Crippen molar-refractivity contribution in [3.8, 4) is 5.75 Å². The highest BCUT2D eigenvalue weighted by Crippen LogP contribution is 2.50. The molecule has 3 heteroatoms. The van der Waals surface area contributed by atoms with Gasteiger partial charge in [-0.25, -0.2) is 0 Å². The molecule has 1 amide bonds. The van der Waals surface area contributed by atoms with E-state index >= 15 is 0 Å². The second-order valence-electron chi connectivity index (χ2n) is 5.96. The third-order valence-corrected chi connectivity index (χ3v) is 4.24. The van der Waals surface area contributed by atoms with Crippen LogP contribution in [-0.4, -0.2) is 19.1 Å². The topological polar surface area (TPSA) is 38.3 Å². The first-order valence-electron chi connectivity index (χ1n) is 7.51. The van der Waals surface area contributed by atoms with Crippen molar-refractivity contribution in [3.05, 3.63) is 29.8 Å². The van der Waals surface area contributed by atoms with Gasteiger partial charge in [0.05, 0.1) is 7.11 Å². The molecule has 0 saturated heterocycles. The molecule has 20 heavy (non-hydrogen) atoms. The molecule has 110 valence electrons. The normalized spacial score (nSPS) is 22.4. The van der Waals surface area contributed by atoms with Crippen LogP contribution in [0.1, 0.15) is 45.1 Å². The summed E-state index contributed by atoms with van der Waals surface area (Å²) in [4.78, 5) is 12.3. The maximum absolute atomic E-state index is 12.3. The standard InChI is InChI=1S/C17H25NO2/c1-5-15(11(2)3)18-17(19)14-10-13(14)12-8-6-7-9-16(12)20-4/h6-9,11,13-15H,5,10H2,1-4H3,(H,18,19)/t13-,14+,15+/m1/s1. The predicted octanol–water partition coefficient (Wildman–Crippen LogP) is 3.35. The number of hydrogen-bond acceptors (Lipinski definition) is 2. The van der Waals surface area contributed by atoms with Gasteiger partial charge < -0.3 is 10.1 Å². The summed E-state index contributed by atoms with van der Waals surface area (Å²) in [6.07, 6.45) is 1.91. The van der Waals surface area contributed by atoms with Gasteiger partial charge in [-0.2, -0.15) is 0 Å². The fraction of sp³-hybridized carbons (Fsp3) is 0.588. The highest BCUT2D eigenvalue weighted by molar-refractivity contribution is 5.83.